The summed E-state index contributed by atoms with van der Waals surface area (Å²) < 4.78 is 17.5. The van der Waals surface area contributed by atoms with Crippen molar-refractivity contribution in [3.05, 3.63) is 46.0 Å². The summed E-state index contributed by atoms with van der Waals surface area (Å²) in [6.45, 7) is 1.58. The van der Waals surface area contributed by atoms with Crippen LogP contribution in [0.15, 0.2) is 34.2 Å². The highest BCUT2D eigenvalue weighted by atomic mass is 32.2. The molecule has 1 atom stereocenters. The molecule has 2 rings (SSSR count). The molecule has 0 saturated heterocycles. The number of carbonyl (C=O) groups excluding carboxylic acids is 2. The zero-order valence-electron chi connectivity index (χ0n) is 13.3. The number of nitrogens with two attached hydrogens (primary N) is 1. The molecule has 0 aliphatic heterocycles. The molecule has 1 aromatic carbocycles. The number of hydrogen-bond donors (Lipinski definition) is 3. The van der Waals surface area contributed by atoms with Gasteiger partial charge in [-0.15, -0.1) is 0 Å². The molecule has 25 heavy (non-hydrogen) atoms. The fourth-order valence-electron chi connectivity index (χ4n) is 1.81. The Morgan fingerprint density at radius 1 is 1.36 bits per heavy atom. The number of ether oxygens (including phenoxy) is 1. The Morgan fingerprint density at radius 2 is 2.00 bits per heavy atom. The number of anilines is 2. The summed E-state index contributed by atoms with van der Waals surface area (Å²) in [5.74, 6) is -1.82. The number of esters is 1. The monoisotopic (exact) mass is 366 g/mol. The van der Waals surface area contributed by atoms with Crippen molar-refractivity contribution in [3.63, 3.8) is 0 Å². The van der Waals surface area contributed by atoms with E-state index in [1.54, 1.807) is 6.92 Å². The fourth-order valence-corrected chi connectivity index (χ4v) is 2.64. The van der Waals surface area contributed by atoms with Crippen molar-refractivity contribution >= 4 is 35.1 Å². The van der Waals surface area contributed by atoms with Gasteiger partial charge in [-0.05, 0) is 31.2 Å². The van der Waals surface area contributed by atoms with Crippen molar-refractivity contribution in [2.45, 2.75) is 17.3 Å². The third-order valence-electron chi connectivity index (χ3n) is 3.09. The minimum absolute atomic E-state index is 0.111. The van der Waals surface area contributed by atoms with Crippen LogP contribution in [0, 0.1) is 5.82 Å². The molecule has 1 heterocycles. The zero-order valence-corrected chi connectivity index (χ0v) is 14.1. The molecule has 0 aliphatic rings. The van der Waals surface area contributed by atoms with Gasteiger partial charge in [-0.2, -0.15) is 0 Å². The number of nitrogens with one attached hydrogen (secondary N) is 2. The highest BCUT2D eigenvalue weighted by Gasteiger charge is 2.19. The van der Waals surface area contributed by atoms with Crippen LogP contribution in [-0.4, -0.2) is 34.2 Å². The summed E-state index contributed by atoms with van der Waals surface area (Å²) in [6.07, 6.45) is 0. The van der Waals surface area contributed by atoms with Crippen molar-refractivity contribution in [2.24, 2.45) is 0 Å². The summed E-state index contributed by atoms with van der Waals surface area (Å²) in [7, 11) is 1.25. The maximum Gasteiger partial charge on any atom is 0.318 e. The minimum atomic E-state index is -0.678. The number of benzene rings is 1. The van der Waals surface area contributed by atoms with E-state index in [9.17, 15) is 18.8 Å². The van der Waals surface area contributed by atoms with E-state index >= 15 is 0 Å². The van der Waals surface area contributed by atoms with Crippen LogP contribution in [0.1, 0.15) is 17.3 Å². The molecular formula is C15H15FN4O4S. The number of methoxy groups -OCH3 is 1. The quantitative estimate of drug-likeness (QED) is 0.414. The molecule has 0 fully saturated rings. The van der Waals surface area contributed by atoms with Crippen molar-refractivity contribution in [1.29, 1.82) is 0 Å². The zero-order chi connectivity index (χ0) is 18.6. The predicted molar refractivity (Wildman–Crippen MR) is 91.0 cm³/mol. The van der Waals surface area contributed by atoms with Gasteiger partial charge < -0.3 is 15.8 Å². The average molecular weight is 366 g/mol. The van der Waals surface area contributed by atoms with Crippen LogP contribution in [0.3, 0.4) is 0 Å². The third-order valence-corrected chi connectivity index (χ3v) is 4.05. The summed E-state index contributed by atoms with van der Waals surface area (Å²) >= 11 is 0.955. The van der Waals surface area contributed by atoms with Gasteiger partial charge in [-0.25, -0.2) is 9.37 Å². The lowest BCUT2D eigenvalue weighted by atomic mass is 10.2. The SMILES string of the molecule is COC(=O)[C@H](C)Sc1nc(N)c(NC(=O)c2ccc(F)cc2)c(=O)[nH]1. The Labute approximate surface area is 146 Å². The van der Waals surface area contributed by atoms with Gasteiger partial charge >= 0.3 is 5.97 Å². The number of rotatable bonds is 5. The lowest BCUT2D eigenvalue weighted by Gasteiger charge is -2.10. The Bertz CT molecular complexity index is 854. The first-order chi connectivity index (χ1) is 11.8. The van der Waals surface area contributed by atoms with Gasteiger partial charge in [0, 0.05) is 5.56 Å². The lowest BCUT2D eigenvalue weighted by Crippen LogP contribution is -2.24. The van der Waals surface area contributed by atoms with Crippen molar-refractivity contribution in [2.75, 3.05) is 18.2 Å². The first-order valence-electron chi connectivity index (χ1n) is 7.03. The second-order valence-corrected chi connectivity index (χ2v) is 6.21. The molecule has 10 heteroatoms. The first-order valence-corrected chi connectivity index (χ1v) is 7.91. The van der Waals surface area contributed by atoms with Gasteiger partial charge in [0.2, 0.25) is 0 Å². The number of nitrogen functional groups attached to an aromatic ring is 1. The molecular weight excluding hydrogens is 351 g/mol. The molecule has 2 aromatic rings. The maximum atomic E-state index is 12.9. The Morgan fingerprint density at radius 3 is 2.56 bits per heavy atom. The number of H-pyrrole nitrogens is 1. The predicted octanol–water partition coefficient (Wildman–Crippen LogP) is 1.40. The molecule has 0 aliphatic carbocycles. The highest BCUT2D eigenvalue weighted by molar-refractivity contribution is 8.00. The molecule has 132 valence electrons. The smallest absolute Gasteiger partial charge is 0.318 e. The Hall–Kier alpha value is -2.88. The number of carbonyl (C=O) groups is 2. The number of halogens is 1. The van der Waals surface area contributed by atoms with Crippen LogP contribution >= 0.6 is 11.8 Å². The van der Waals surface area contributed by atoms with Gasteiger partial charge in [0.25, 0.3) is 11.5 Å². The van der Waals surface area contributed by atoms with E-state index in [0.29, 0.717) is 0 Å². The highest BCUT2D eigenvalue weighted by Crippen LogP contribution is 2.22. The van der Waals surface area contributed by atoms with E-state index in [-0.39, 0.29) is 22.2 Å². The average Bonchev–Trinajstić information content (AvgIpc) is 2.57. The van der Waals surface area contributed by atoms with Crippen molar-refractivity contribution in [1.82, 2.24) is 9.97 Å². The van der Waals surface area contributed by atoms with Crippen LogP contribution in [0.25, 0.3) is 0 Å². The van der Waals surface area contributed by atoms with Crippen LogP contribution in [0.4, 0.5) is 15.9 Å². The van der Waals surface area contributed by atoms with Gasteiger partial charge in [0.05, 0.1) is 7.11 Å². The number of aromatic nitrogens is 2. The number of thioether (sulfide) groups is 1. The fraction of sp³-hybridized carbons (Fsp3) is 0.200. The van der Waals surface area contributed by atoms with Gasteiger partial charge in [0.1, 0.15) is 16.8 Å². The largest absolute Gasteiger partial charge is 0.468 e. The molecule has 0 unspecified atom stereocenters. The molecule has 4 N–H and O–H groups in total. The van der Waals surface area contributed by atoms with Gasteiger partial charge in [-0.1, -0.05) is 11.8 Å². The Kier molecular flexibility index (Phi) is 5.75. The number of hydrogen-bond acceptors (Lipinski definition) is 7. The summed E-state index contributed by atoms with van der Waals surface area (Å²) in [5, 5.41) is 1.84. The van der Waals surface area contributed by atoms with Crippen LogP contribution in [0.5, 0.6) is 0 Å². The van der Waals surface area contributed by atoms with E-state index in [1.165, 1.54) is 19.2 Å². The van der Waals surface area contributed by atoms with E-state index in [1.807, 2.05) is 0 Å². The minimum Gasteiger partial charge on any atom is -0.468 e. The molecule has 1 amide bonds. The molecule has 1 aromatic heterocycles. The van der Waals surface area contributed by atoms with E-state index < -0.39 is 28.5 Å². The van der Waals surface area contributed by atoms with Crippen LogP contribution in [0.2, 0.25) is 0 Å². The van der Waals surface area contributed by atoms with Crippen molar-refractivity contribution < 1.29 is 18.7 Å². The summed E-state index contributed by atoms with van der Waals surface area (Å²) in [6, 6.07) is 4.78. The van der Waals surface area contributed by atoms with E-state index in [2.05, 4.69) is 20.0 Å². The molecule has 0 radical (unpaired) electrons. The van der Waals surface area contributed by atoms with Gasteiger partial charge in [0.15, 0.2) is 11.0 Å². The number of aromatic amines is 1. The molecule has 0 saturated carbocycles. The van der Waals surface area contributed by atoms with Crippen LogP contribution < -0.4 is 16.6 Å². The lowest BCUT2D eigenvalue weighted by molar-refractivity contribution is -0.139. The topological polar surface area (TPSA) is 127 Å². The summed E-state index contributed by atoms with van der Waals surface area (Å²) in [5.41, 5.74) is 4.96. The molecule has 0 spiro atoms. The molecule has 0 bridgehead atoms. The van der Waals surface area contributed by atoms with E-state index in [0.717, 1.165) is 23.9 Å². The second kappa shape index (κ2) is 7.79. The van der Waals surface area contributed by atoms with Gasteiger partial charge in [-0.3, -0.25) is 19.4 Å². The second-order valence-electron chi connectivity index (χ2n) is 4.88. The van der Waals surface area contributed by atoms with E-state index in [4.69, 9.17) is 5.73 Å². The van der Waals surface area contributed by atoms with Crippen molar-refractivity contribution in [3.8, 4) is 0 Å². The Balaban J connectivity index is 2.20. The normalized spacial score (nSPS) is 11.6. The maximum absolute atomic E-state index is 12.9. The standard InChI is InChI=1S/C15H15FN4O4S/c1-7(14(23)24-2)25-15-19-11(17)10(13(22)20-15)18-12(21)8-3-5-9(16)6-4-8/h3-7H,1-2H3,(H,18,21)(H3,17,19,20,22)/t7-/m0/s1. The first kappa shape index (κ1) is 18.5. The third kappa shape index (κ3) is 4.57. The number of nitrogens with zero attached hydrogens (tertiary/aromatic N) is 1. The summed E-state index contributed by atoms with van der Waals surface area (Å²) in [4.78, 5) is 42.0. The molecule has 8 nitrogen and oxygen atoms in total. The number of amides is 1. The van der Waals surface area contributed by atoms with Crippen LogP contribution in [-0.2, 0) is 9.53 Å².